The second-order valence-corrected chi connectivity index (χ2v) is 4.99. The van der Waals surface area contributed by atoms with Gasteiger partial charge < -0.3 is 14.8 Å². The van der Waals surface area contributed by atoms with Gasteiger partial charge in [0.15, 0.2) is 5.76 Å². The Morgan fingerprint density at radius 3 is 2.58 bits per heavy atom. The third-order valence-electron chi connectivity index (χ3n) is 2.93. The standard InChI is InChI=1S/C14H15NO4/c1-8-5-4-6-9-7-10(19-11(8)9)12(16)15-14(2,3)13(17)18/h4-7H,1-3H3,(H,15,16)(H,17,18). The zero-order chi connectivity index (χ0) is 14.2. The number of aliphatic carboxylic acids is 1. The van der Waals surface area contributed by atoms with Crippen molar-refractivity contribution in [2.45, 2.75) is 26.3 Å². The molecule has 0 unspecified atom stereocenters. The molecule has 1 aromatic carbocycles. The van der Waals surface area contributed by atoms with Gasteiger partial charge in [-0.05, 0) is 32.4 Å². The lowest BCUT2D eigenvalue weighted by Crippen LogP contribution is -2.49. The van der Waals surface area contributed by atoms with Crippen molar-refractivity contribution < 1.29 is 19.1 Å². The van der Waals surface area contributed by atoms with Gasteiger partial charge in [-0.1, -0.05) is 18.2 Å². The number of hydrogen-bond donors (Lipinski definition) is 2. The van der Waals surface area contributed by atoms with Gasteiger partial charge in [0.25, 0.3) is 5.91 Å². The molecule has 1 aromatic heterocycles. The van der Waals surface area contributed by atoms with Gasteiger partial charge in [-0.2, -0.15) is 0 Å². The highest BCUT2D eigenvalue weighted by atomic mass is 16.4. The van der Waals surface area contributed by atoms with Crippen molar-refractivity contribution in [1.82, 2.24) is 5.32 Å². The van der Waals surface area contributed by atoms with Crippen LogP contribution in [0, 0.1) is 6.92 Å². The number of furan rings is 1. The Morgan fingerprint density at radius 2 is 2.00 bits per heavy atom. The van der Waals surface area contributed by atoms with Gasteiger partial charge in [-0.15, -0.1) is 0 Å². The fourth-order valence-corrected chi connectivity index (χ4v) is 1.72. The van der Waals surface area contributed by atoms with E-state index in [9.17, 15) is 9.59 Å². The van der Waals surface area contributed by atoms with Gasteiger partial charge in [0.05, 0.1) is 0 Å². The number of carboxylic acid groups (broad SMARTS) is 1. The second-order valence-electron chi connectivity index (χ2n) is 4.99. The summed E-state index contributed by atoms with van der Waals surface area (Å²) in [6.45, 7) is 4.72. The van der Waals surface area contributed by atoms with E-state index >= 15 is 0 Å². The number of aryl methyl sites for hydroxylation is 1. The van der Waals surface area contributed by atoms with E-state index in [1.807, 2.05) is 25.1 Å². The van der Waals surface area contributed by atoms with E-state index in [1.54, 1.807) is 6.07 Å². The van der Waals surface area contributed by atoms with E-state index in [4.69, 9.17) is 9.52 Å². The van der Waals surface area contributed by atoms with E-state index < -0.39 is 17.4 Å². The summed E-state index contributed by atoms with van der Waals surface area (Å²) in [5.74, 6) is -1.53. The molecule has 0 saturated carbocycles. The molecule has 2 N–H and O–H groups in total. The van der Waals surface area contributed by atoms with Crippen molar-refractivity contribution in [3.63, 3.8) is 0 Å². The number of rotatable bonds is 3. The lowest BCUT2D eigenvalue weighted by molar-refractivity contribution is -0.143. The Kier molecular flexibility index (Phi) is 3.06. The molecule has 1 amide bonds. The number of carbonyl (C=O) groups is 2. The molecule has 2 rings (SSSR count). The average Bonchev–Trinajstić information content (AvgIpc) is 2.73. The van der Waals surface area contributed by atoms with E-state index in [-0.39, 0.29) is 5.76 Å². The van der Waals surface area contributed by atoms with Gasteiger partial charge in [0.2, 0.25) is 0 Å². The van der Waals surface area contributed by atoms with Crippen LogP contribution in [-0.2, 0) is 4.79 Å². The summed E-state index contributed by atoms with van der Waals surface area (Å²) in [4.78, 5) is 22.9. The fraction of sp³-hybridized carbons (Fsp3) is 0.286. The SMILES string of the molecule is Cc1cccc2cc(C(=O)NC(C)(C)C(=O)O)oc12. The fourth-order valence-electron chi connectivity index (χ4n) is 1.72. The van der Waals surface area contributed by atoms with Crippen LogP contribution in [0.4, 0.5) is 0 Å². The smallest absolute Gasteiger partial charge is 0.328 e. The highest BCUT2D eigenvalue weighted by molar-refractivity contribution is 5.99. The monoisotopic (exact) mass is 261 g/mol. The molecule has 100 valence electrons. The van der Waals surface area contributed by atoms with Crippen LogP contribution >= 0.6 is 0 Å². The number of benzene rings is 1. The quantitative estimate of drug-likeness (QED) is 0.888. The molecule has 0 aliphatic carbocycles. The second kappa shape index (κ2) is 4.42. The van der Waals surface area contributed by atoms with Crippen LogP contribution in [-0.4, -0.2) is 22.5 Å². The summed E-state index contributed by atoms with van der Waals surface area (Å²) >= 11 is 0. The van der Waals surface area contributed by atoms with E-state index in [0.29, 0.717) is 5.58 Å². The van der Waals surface area contributed by atoms with Crippen LogP contribution in [0.3, 0.4) is 0 Å². The van der Waals surface area contributed by atoms with Crippen molar-refractivity contribution in [3.05, 3.63) is 35.6 Å². The summed E-state index contributed by atoms with van der Waals surface area (Å²) < 4.78 is 5.48. The number of nitrogens with one attached hydrogen (secondary N) is 1. The van der Waals surface area contributed by atoms with Crippen molar-refractivity contribution in [1.29, 1.82) is 0 Å². The molecule has 0 spiro atoms. The van der Waals surface area contributed by atoms with Gasteiger partial charge in [0, 0.05) is 5.39 Å². The third kappa shape index (κ3) is 2.45. The number of hydrogen-bond acceptors (Lipinski definition) is 3. The van der Waals surface area contributed by atoms with Gasteiger partial charge in [-0.3, -0.25) is 4.79 Å². The molecular formula is C14H15NO4. The molecule has 0 atom stereocenters. The number of carbonyl (C=O) groups excluding carboxylic acids is 1. The normalized spacial score (nSPS) is 11.5. The predicted octanol–water partition coefficient (Wildman–Crippen LogP) is 2.33. The van der Waals surface area contributed by atoms with Crippen molar-refractivity contribution in [2.75, 3.05) is 0 Å². The lowest BCUT2D eigenvalue weighted by atomic mass is 10.1. The maximum Gasteiger partial charge on any atom is 0.328 e. The molecule has 1 heterocycles. The molecule has 0 saturated heterocycles. The molecule has 0 fully saturated rings. The molecule has 0 radical (unpaired) electrons. The van der Waals surface area contributed by atoms with E-state index in [2.05, 4.69) is 5.32 Å². The van der Waals surface area contributed by atoms with Crippen LogP contribution in [0.5, 0.6) is 0 Å². The van der Waals surface area contributed by atoms with Crippen molar-refractivity contribution in [2.24, 2.45) is 0 Å². The highest BCUT2D eigenvalue weighted by Gasteiger charge is 2.30. The van der Waals surface area contributed by atoms with Crippen LogP contribution < -0.4 is 5.32 Å². The minimum atomic E-state index is -1.34. The highest BCUT2D eigenvalue weighted by Crippen LogP contribution is 2.22. The minimum absolute atomic E-state index is 0.110. The Balaban J connectivity index is 2.32. The molecule has 0 bridgehead atoms. The number of carboxylic acids is 1. The maximum atomic E-state index is 12.0. The number of para-hydroxylation sites is 1. The first-order valence-corrected chi connectivity index (χ1v) is 5.86. The van der Waals surface area contributed by atoms with Crippen LogP contribution in [0.25, 0.3) is 11.0 Å². The van der Waals surface area contributed by atoms with E-state index in [1.165, 1.54) is 13.8 Å². The Morgan fingerprint density at radius 1 is 1.32 bits per heavy atom. The maximum absolute atomic E-state index is 12.0. The van der Waals surface area contributed by atoms with E-state index in [0.717, 1.165) is 10.9 Å². The Bertz CT molecular complexity index is 655. The summed E-state index contributed by atoms with van der Waals surface area (Å²) in [5, 5.41) is 12.2. The van der Waals surface area contributed by atoms with Gasteiger partial charge in [-0.25, -0.2) is 4.79 Å². The first kappa shape index (κ1) is 13.1. The third-order valence-corrected chi connectivity index (χ3v) is 2.93. The first-order chi connectivity index (χ1) is 8.81. The lowest BCUT2D eigenvalue weighted by Gasteiger charge is -2.19. The molecular weight excluding hydrogens is 246 g/mol. The van der Waals surface area contributed by atoms with Crippen molar-refractivity contribution >= 4 is 22.8 Å². The largest absolute Gasteiger partial charge is 0.480 e. The molecule has 0 aliphatic rings. The van der Waals surface area contributed by atoms with Crippen molar-refractivity contribution in [3.8, 4) is 0 Å². The molecule has 0 aliphatic heterocycles. The Labute approximate surface area is 110 Å². The number of amides is 1. The topological polar surface area (TPSA) is 79.5 Å². The molecule has 2 aromatic rings. The summed E-state index contributed by atoms with van der Waals surface area (Å²) in [6, 6.07) is 7.20. The van der Waals surface area contributed by atoms with Gasteiger partial charge in [0.1, 0.15) is 11.1 Å². The average molecular weight is 261 g/mol. The molecule has 19 heavy (non-hydrogen) atoms. The summed E-state index contributed by atoms with van der Waals surface area (Å²) in [6.07, 6.45) is 0. The molecule has 5 nitrogen and oxygen atoms in total. The zero-order valence-electron chi connectivity index (χ0n) is 11.0. The number of fused-ring (bicyclic) bond motifs is 1. The summed E-state index contributed by atoms with van der Waals surface area (Å²) in [5.41, 5.74) is 0.222. The molecule has 5 heteroatoms. The summed E-state index contributed by atoms with van der Waals surface area (Å²) in [7, 11) is 0. The van der Waals surface area contributed by atoms with Crippen LogP contribution in [0.15, 0.2) is 28.7 Å². The van der Waals surface area contributed by atoms with Crippen LogP contribution in [0.1, 0.15) is 30.0 Å². The Hall–Kier alpha value is -2.30. The predicted molar refractivity (Wildman–Crippen MR) is 70.1 cm³/mol. The van der Waals surface area contributed by atoms with Gasteiger partial charge >= 0.3 is 5.97 Å². The first-order valence-electron chi connectivity index (χ1n) is 5.86. The zero-order valence-corrected chi connectivity index (χ0v) is 11.0. The van der Waals surface area contributed by atoms with Crippen LogP contribution in [0.2, 0.25) is 0 Å². The minimum Gasteiger partial charge on any atom is -0.480 e.